The van der Waals surface area contributed by atoms with Crippen LogP contribution >= 0.6 is 0 Å². The van der Waals surface area contributed by atoms with Crippen LogP contribution in [-0.2, 0) is 22.3 Å². The van der Waals surface area contributed by atoms with Crippen molar-refractivity contribution in [3.05, 3.63) is 71.3 Å². The molecular formula is C22H24O6. The summed E-state index contributed by atoms with van der Waals surface area (Å²) in [5, 5.41) is 9.42. The quantitative estimate of drug-likeness (QED) is 0.639. The summed E-state index contributed by atoms with van der Waals surface area (Å²) in [6.07, 6.45) is 3.25. The summed E-state index contributed by atoms with van der Waals surface area (Å²) in [5.41, 5.74) is 2.77. The van der Waals surface area contributed by atoms with E-state index in [2.05, 4.69) is 16.1 Å². The first-order valence-corrected chi connectivity index (χ1v) is 8.78. The summed E-state index contributed by atoms with van der Waals surface area (Å²) in [4.78, 5) is 22.4. The zero-order chi connectivity index (χ0) is 20.7. The predicted octanol–water partition coefficient (Wildman–Crippen LogP) is 3.70. The third-order valence-corrected chi connectivity index (χ3v) is 4.18. The molecule has 6 nitrogen and oxygen atoms in total. The Morgan fingerprint density at radius 2 is 1.75 bits per heavy atom. The predicted molar refractivity (Wildman–Crippen MR) is 105 cm³/mol. The van der Waals surface area contributed by atoms with E-state index in [1.54, 1.807) is 18.2 Å². The van der Waals surface area contributed by atoms with Gasteiger partial charge in [0.15, 0.2) is 0 Å². The molecule has 0 fully saturated rings. The number of esters is 2. The van der Waals surface area contributed by atoms with Gasteiger partial charge in [-0.3, -0.25) is 0 Å². The van der Waals surface area contributed by atoms with E-state index in [0.717, 1.165) is 17.7 Å². The van der Waals surface area contributed by atoms with E-state index in [1.807, 2.05) is 19.1 Å². The fourth-order valence-electron chi connectivity index (χ4n) is 2.82. The van der Waals surface area contributed by atoms with Crippen LogP contribution in [0, 0.1) is 0 Å². The van der Waals surface area contributed by atoms with Gasteiger partial charge in [0.1, 0.15) is 17.6 Å². The highest BCUT2D eigenvalue weighted by Gasteiger charge is 2.20. The van der Waals surface area contributed by atoms with Crippen LogP contribution in [0.2, 0.25) is 0 Å². The second-order valence-electron chi connectivity index (χ2n) is 6.27. The number of phenolic OH excluding ortho intramolecular Hbond substituents is 1. The number of allylic oxidation sites excluding steroid dienone is 1. The number of fused-ring (bicyclic) bond motifs is 1. The lowest BCUT2D eigenvalue weighted by Gasteiger charge is -2.04. The number of hydrogen-bond donors (Lipinski definition) is 1. The van der Waals surface area contributed by atoms with Crippen LogP contribution in [0.5, 0.6) is 11.5 Å². The number of hydrogen-bond acceptors (Lipinski definition) is 6. The fourth-order valence-corrected chi connectivity index (χ4v) is 2.82. The molecule has 1 atom stereocenters. The molecule has 1 aliphatic heterocycles. The van der Waals surface area contributed by atoms with Crippen LogP contribution in [0.4, 0.5) is 0 Å². The van der Waals surface area contributed by atoms with E-state index in [4.69, 9.17) is 4.74 Å². The molecule has 148 valence electrons. The number of phenols is 1. The molecule has 6 heteroatoms. The number of aromatic hydroxyl groups is 1. The number of benzene rings is 2. The summed E-state index contributed by atoms with van der Waals surface area (Å²) < 4.78 is 14.7. The van der Waals surface area contributed by atoms with Gasteiger partial charge in [0, 0.05) is 6.42 Å². The monoisotopic (exact) mass is 384 g/mol. The Kier molecular flexibility index (Phi) is 7.21. The maximum atomic E-state index is 11.2. The summed E-state index contributed by atoms with van der Waals surface area (Å²) in [5.74, 6) is 0.338. The minimum atomic E-state index is -0.407. The molecule has 0 amide bonds. The first kappa shape index (κ1) is 21.0. The second-order valence-corrected chi connectivity index (χ2v) is 6.27. The van der Waals surface area contributed by atoms with Gasteiger partial charge in [-0.1, -0.05) is 6.08 Å². The second kappa shape index (κ2) is 9.60. The number of ether oxygens (including phenoxy) is 3. The van der Waals surface area contributed by atoms with Crippen molar-refractivity contribution in [2.45, 2.75) is 25.9 Å². The Hall–Kier alpha value is -3.28. The van der Waals surface area contributed by atoms with Gasteiger partial charge in [0.2, 0.25) is 0 Å². The molecule has 0 spiro atoms. The van der Waals surface area contributed by atoms with Gasteiger partial charge in [0.25, 0.3) is 0 Å². The minimum absolute atomic E-state index is 0.164. The molecule has 0 bridgehead atoms. The maximum Gasteiger partial charge on any atom is 0.337 e. The molecule has 1 aliphatic rings. The van der Waals surface area contributed by atoms with Crippen molar-refractivity contribution in [3.8, 4) is 11.5 Å². The highest BCUT2D eigenvalue weighted by molar-refractivity contribution is 5.90. The molecule has 0 aromatic heterocycles. The number of carbonyl (C=O) groups excluding carboxylic acids is 2. The lowest BCUT2D eigenvalue weighted by molar-refractivity contribution is 0.0591. The molecule has 0 saturated heterocycles. The zero-order valence-corrected chi connectivity index (χ0v) is 16.2. The van der Waals surface area contributed by atoms with Gasteiger partial charge >= 0.3 is 11.9 Å². The smallest absolute Gasteiger partial charge is 0.337 e. The van der Waals surface area contributed by atoms with Crippen molar-refractivity contribution in [3.63, 3.8) is 0 Å². The van der Waals surface area contributed by atoms with Crippen LogP contribution in [0.3, 0.4) is 0 Å². The average molecular weight is 384 g/mol. The molecular weight excluding hydrogens is 360 g/mol. The van der Waals surface area contributed by atoms with Crippen LogP contribution in [0.15, 0.2) is 49.1 Å². The van der Waals surface area contributed by atoms with Crippen molar-refractivity contribution in [1.82, 2.24) is 0 Å². The lowest BCUT2D eigenvalue weighted by atomic mass is 10.1. The van der Waals surface area contributed by atoms with Crippen LogP contribution in [0.25, 0.3) is 0 Å². The third kappa shape index (κ3) is 5.13. The van der Waals surface area contributed by atoms with E-state index in [0.29, 0.717) is 23.1 Å². The van der Waals surface area contributed by atoms with Gasteiger partial charge in [-0.25, -0.2) is 9.59 Å². The lowest BCUT2D eigenvalue weighted by Crippen LogP contribution is -2.05. The van der Waals surface area contributed by atoms with E-state index < -0.39 is 5.97 Å². The first-order chi connectivity index (χ1) is 13.4. The normalized spacial score (nSPS) is 14.0. The van der Waals surface area contributed by atoms with Crippen molar-refractivity contribution in [2.75, 3.05) is 14.2 Å². The SMILES string of the molecule is C=CCc1cc(C(=O)OC)ccc1O.COC(=O)c1ccc2c(c1)CC(C)O2. The molecule has 2 aromatic carbocycles. The topological polar surface area (TPSA) is 82.1 Å². The van der Waals surface area contributed by atoms with Gasteiger partial charge in [-0.15, -0.1) is 6.58 Å². The fraction of sp³-hybridized carbons (Fsp3) is 0.273. The van der Waals surface area contributed by atoms with E-state index in [9.17, 15) is 14.7 Å². The largest absolute Gasteiger partial charge is 0.508 e. The van der Waals surface area contributed by atoms with Gasteiger partial charge in [-0.2, -0.15) is 0 Å². The molecule has 1 unspecified atom stereocenters. The van der Waals surface area contributed by atoms with Crippen LogP contribution in [-0.4, -0.2) is 37.4 Å². The minimum Gasteiger partial charge on any atom is -0.508 e. The number of methoxy groups -OCH3 is 2. The Morgan fingerprint density at radius 1 is 1.14 bits per heavy atom. The average Bonchev–Trinajstić information content (AvgIpc) is 3.08. The molecule has 3 rings (SSSR count). The van der Waals surface area contributed by atoms with Crippen molar-refractivity contribution >= 4 is 11.9 Å². The molecule has 2 aromatic rings. The number of rotatable bonds is 4. The Balaban J connectivity index is 0.000000200. The summed E-state index contributed by atoms with van der Waals surface area (Å²) in [6.45, 7) is 5.58. The molecule has 1 N–H and O–H groups in total. The van der Waals surface area contributed by atoms with E-state index in [-0.39, 0.29) is 17.8 Å². The van der Waals surface area contributed by atoms with Crippen molar-refractivity contribution in [1.29, 1.82) is 0 Å². The molecule has 0 radical (unpaired) electrons. The van der Waals surface area contributed by atoms with Crippen molar-refractivity contribution in [2.24, 2.45) is 0 Å². The molecule has 0 aliphatic carbocycles. The first-order valence-electron chi connectivity index (χ1n) is 8.78. The van der Waals surface area contributed by atoms with Crippen LogP contribution in [0.1, 0.15) is 38.8 Å². The molecule has 0 saturated carbocycles. The number of carbonyl (C=O) groups is 2. The maximum absolute atomic E-state index is 11.2. The Labute approximate surface area is 164 Å². The highest BCUT2D eigenvalue weighted by Crippen LogP contribution is 2.29. The van der Waals surface area contributed by atoms with Gasteiger partial charge in [0.05, 0.1) is 25.3 Å². The Bertz CT molecular complexity index is 871. The molecule has 28 heavy (non-hydrogen) atoms. The van der Waals surface area contributed by atoms with E-state index >= 15 is 0 Å². The summed E-state index contributed by atoms with van der Waals surface area (Å²) >= 11 is 0. The standard InChI is InChI=1S/2C11H12O3/c1-7-5-9-6-8(11(12)13-2)3-4-10(9)14-7;1-3-4-8-7-9(11(13)14-2)5-6-10(8)12/h3-4,6-7H,5H2,1-2H3;3,5-7,12H,1,4H2,2H3. The van der Waals surface area contributed by atoms with Crippen molar-refractivity contribution < 1.29 is 28.9 Å². The van der Waals surface area contributed by atoms with E-state index in [1.165, 1.54) is 26.4 Å². The zero-order valence-electron chi connectivity index (χ0n) is 16.2. The van der Waals surface area contributed by atoms with Crippen LogP contribution < -0.4 is 4.74 Å². The van der Waals surface area contributed by atoms with Gasteiger partial charge in [-0.05, 0) is 60.9 Å². The highest BCUT2D eigenvalue weighted by atomic mass is 16.5. The van der Waals surface area contributed by atoms with Gasteiger partial charge < -0.3 is 19.3 Å². The summed E-state index contributed by atoms with van der Waals surface area (Å²) in [7, 11) is 2.71. The molecule has 1 heterocycles. The third-order valence-electron chi connectivity index (χ3n) is 4.18. The Morgan fingerprint density at radius 3 is 2.36 bits per heavy atom. The summed E-state index contributed by atoms with van der Waals surface area (Å²) in [6, 6.07) is 9.99.